The number of anilines is 1. The summed E-state index contributed by atoms with van der Waals surface area (Å²) >= 11 is 0. The van der Waals surface area contributed by atoms with Gasteiger partial charge in [0.25, 0.3) is 5.56 Å². The monoisotopic (exact) mass is 343 g/mol. The Morgan fingerprint density at radius 1 is 1.08 bits per heavy atom. The van der Waals surface area contributed by atoms with Crippen molar-refractivity contribution in [2.24, 2.45) is 4.99 Å². The maximum atomic E-state index is 12.1. The van der Waals surface area contributed by atoms with E-state index in [4.69, 9.17) is 5.73 Å². The highest BCUT2D eigenvalue weighted by molar-refractivity contribution is 5.95. The predicted octanol–water partition coefficient (Wildman–Crippen LogP) is 2.72. The van der Waals surface area contributed by atoms with Crippen LogP contribution in [-0.2, 0) is 13.0 Å². The number of fused-ring (bicyclic) bond motifs is 1. The molecule has 0 saturated heterocycles. The smallest absolute Gasteiger partial charge is 0.274 e. The molecule has 6 heteroatoms. The molecule has 0 amide bonds. The molecule has 0 aliphatic carbocycles. The van der Waals surface area contributed by atoms with Gasteiger partial charge in [-0.2, -0.15) is 0 Å². The largest absolute Gasteiger partial charge is 0.394 e. The van der Waals surface area contributed by atoms with Crippen LogP contribution in [0.3, 0.4) is 0 Å². The third-order valence-electron chi connectivity index (χ3n) is 4.20. The van der Waals surface area contributed by atoms with E-state index in [0.29, 0.717) is 13.0 Å². The molecule has 2 aromatic heterocycles. The van der Waals surface area contributed by atoms with E-state index in [1.165, 1.54) is 0 Å². The van der Waals surface area contributed by atoms with Gasteiger partial charge in [0.2, 0.25) is 0 Å². The van der Waals surface area contributed by atoms with E-state index in [-0.39, 0.29) is 11.2 Å². The van der Waals surface area contributed by atoms with Gasteiger partial charge in [0.1, 0.15) is 12.0 Å². The SMILES string of the molecule is Nc1cccn(CC2=Nc3c(/C=C/c4ccccc4)ncnc3C2)c1=O. The Balaban J connectivity index is 1.62. The summed E-state index contributed by atoms with van der Waals surface area (Å²) in [6.07, 6.45) is 7.81. The molecule has 4 rings (SSSR count). The van der Waals surface area contributed by atoms with Crippen molar-refractivity contribution in [1.29, 1.82) is 0 Å². The lowest BCUT2D eigenvalue weighted by atomic mass is 10.1. The Kier molecular flexibility index (Phi) is 4.15. The predicted molar refractivity (Wildman–Crippen MR) is 103 cm³/mol. The van der Waals surface area contributed by atoms with Gasteiger partial charge in [0.15, 0.2) is 0 Å². The molecular formula is C20H17N5O. The molecule has 0 fully saturated rings. The molecular weight excluding hydrogens is 326 g/mol. The Morgan fingerprint density at radius 2 is 1.92 bits per heavy atom. The van der Waals surface area contributed by atoms with Crippen molar-refractivity contribution in [3.05, 3.63) is 82.3 Å². The molecule has 1 aromatic carbocycles. The zero-order valence-corrected chi connectivity index (χ0v) is 14.0. The van der Waals surface area contributed by atoms with Crippen molar-refractivity contribution in [3.63, 3.8) is 0 Å². The van der Waals surface area contributed by atoms with Crippen LogP contribution in [0.25, 0.3) is 12.2 Å². The van der Waals surface area contributed by atoms with Crippen LogP contribution in [0.15, 0.2) is 64.8 Å². The summed E-state index contributed by atoms with van der Waals surface area (Å²) < 4.78 is 1.56. The molecule has 128 valence electrons. The molecule has 1 aliphatic rings. The number of hydrogen-bond donors (Lipinski definition) is 1. The number of nitrogen functional groups attached to an aromatic ring is 1. The van der Waals surface area contributed by atoms with Crippen LogP contribution in [0.2, 0.25) is 0 Å². The van der Waals surface area contributed by atoms with E-state index < -0.39 is 0 Å². The van der Waals surface area contributed by atoms with Crippen molar-refractivity contribution in [2.75, 3.05) is 5.73 Å². The number of pyridine rings is 1. The van der Waals surface area contributed by atoms with E-state index >= 15 is 0 Å². The summed E-state index contributed by atoms with van der Waals surface area (Å²) in [5, 5.41) is 0. The Bertz CT molecular complexity index is 1070. The van der Waals surface area contributed by atoms with Crippen molar-refractivity contribution in [1.82, 2.24) is 14.5 Å². The van der Waals surface area contributed by atoms with Crippen molar-refractivity contribution in [2.45, 2.75) is 13.0 Å². The summed E-state index contributed by atoms with van der Waals surface area (Å²) in [4.78, 5) is 25.4. The number of rotatable bonds is 4. The lowest BCUT2D eigenvalue weighted by Gasteiger charge is -2.05. The standard InChI is InChI=1S/C20H17N5O/c21-16-7-4-10-25(20(16)26)12-15-11-18-19(24-15)17(22-13-23-18)9-8-14-5-2-1-3-6-14/h1-10,13H,11-12,21H2/b9-8+. The quantitative estimate of drug-likeness (QED) is 0.789. The van der Waals surface area contributed by atoms with Gasteiger partial charge in [-0.05, 0) is 23.8 Å². The minimum Gasteiger partial charge on any atom is -0.394 e. The third-order valence-corrected chi connectivity index (χ3v) is 4.20. The topological polar surface area (TPSA) is 86.2 Å². The van der Waals surface area contributed by atoms with Gasteiger partial charge in [-0.3, -0.25) is 9.79 Å². The second kappa shape index (κ2) is 6.76. The van der Waals surface area contributed by atoms with Crippen LogP contribution < -0.4 is 11.3 Å². The molecule has 2 N–H and O–H groups in total. The van der Waals surface area contributed by atoms with Gasteiger partial charge in [-0.15, -0.1) is 0 Å². The highest BCUT2D eigenvalue weighted by Gasteiger charge is 2.19. The first-order chi connectivity index (χ1) is 12.7. The summed E-state index contributed by atoms with van der Waals surface area (Å²) in [6, 6.07) is 13.4. The first kappa shape index (κ1) is 16.0. The highest BCUT2D eigenvalue weighted by atomic mass is 16.1. The minimum absolute atomic E-state index is 0.207. The van der Waals surface area contributed by atoms with Crippen LogP contribution in [0, 0.1) is 0 Å². The summed E-state index contributed by atoms with van der Waals surface area (Å²) in [6.45, 7) is 0.391. The number of aromatic nitrogens is 3. The van der Waals surface area contributed by atoms with Gasteiger partial charge < -0.3 is 10.3 Å². The molecule has 0 spiro atoms. The molecule has 26 heavy (non-hydrogen) atoms. The second-order valence-electron chi connectivity index (χ2n) is 6.05. The summed E-state index contributed by atoms with van der Waals surface area (Å²) in [5.74, 6) is 0. The third kappa shape index (κ3) is 3.17. The zero-order chi connectivity index (χ0) is 17.9. The fourth-order valence-corrected chi connectivity index (χ4v) is 2.90. The highest BCUT2D eigenvalue weighted by Crippen LogP contribution is 2.29. The first-order valence-corrected chi connectivity index (χ1v) is 8.29. The summed E-state index contributed by atoms with van der Waals surface area (Å²) in [5.41, 5.74) is 10.1. The molecule has 0 saturated carbocycles. The fourth-order valence-electron chi connectivity index (χ4n) is 2.90. The van der Waals surface area contributed by atoms with Gasteiger partial charge >= 0.3 is 0 Å². The minimum atomic E-state index is -0.207. The second-order valence-corrected chi connectivity index (χ2v) is 6.05. The maximum Gasteiger partial charge on any atom is 0.274 e. The number of nitrogens with two attached hydrogens (primary N) is 1. The van der Waals surface area contributed by atoms with E-state index in [1.54, 1.807) is 29.2 Å². The molecule has 0 atom stereocenters. The fraction of sp³-hybridized carbons (Fsp3) is 0.100. The Labute approximate surface area is 150 Å². The number of hydrogen-bond acceptors (Lipinski definition) is 5. The van der Waals surface area contributed by atoms with Gasteiger partial charge in [0.05, 0.1) is 23.6 Å². The average Bonchev–Trinajstić information content (AvgIpc) is 3.08. The normalized spacial score (nSPS) is 13.0. The van der Waals surface area contributed by atoms with Gasteiger partial charge in [-0.1, -0.05) is 36.4 Å². The molecule has 6 nitrogen and oxygen atoms in total. The van der Waals surface area contributed by atoms with Crippen molar-refractivity contribution >= 4 is 29.2 Å². The van der Waals surface area contributed by atoms with Crippen molar-refractivity contribution in [3.8, 4) is 0 Å². The number of nitrogens with zero attached hydrogens (tertiary/aromatic N) is 4. The maximum absolute atomic E-state index is 12.1. The zero-order valence-electron chi connectivity index (χ0n) is 14.0. The Hall–Kier alpha value is -3.54. The number of benzene rings is 1. The summed E-state index contributed by atoms with van der Waals surface area (Å²) in [7, 11) is 0. The molecule has 0 unspecified atom stereocenters. The molecule has 0 bridgehead atoms. The van der Waals surface area contributed by atoms with E-state index in [2.05, 4.69) is 15.0 Å². The van der Waals surface area contributed by atoms with Crippen LogP contribution in [0.4, 0.5) is 11.4 Å². The molecule has 1 aliphatic heterocycles. The van der Waals surface area contributed by atoms with E-state index in [1.807, 2.05) is 42.5 Å². The van der Waals surface area contributed by atoms with Crippen LogP contribution in [0.1, 0.15) is 17.0 Å². The van der Waals surface area contributed by atoms with Crippen LogP contribution >= 0.6 is 0 Å². The average molecular weight is 343 g/mol. The van der Waals surface area contributed by atoms with E-state index in [0.717, 1.165) is 28.4 Å². The van der Waals surface area contributed by atoms with E-state index in [9.17, 15) is 4.79 Å². The van der Waals surface area contributed by atoms with Gasteiger partial charge in [-0.25, -0.2) is 9.97 Å². The lowest BCUT2D eigenvalue weighted by molar-refractivity contribution is 0.802. The van der Waals surface area contributed by atoms with Crippen molar-refractivity contribution < 1.29 is 0 Å². The van der Waals surface area contributed by atoms with Gasteiger partial charge in [0, 0.05) is 18.3 Å². The molecule has 3 aromatic rings. The lowest BCUT2D eigenvalue weighted by Crippen LogP contribution is -2.25. The van der Waals surface area contributed by atoms with Crippen LogP contribution in [-0.4, -0.2) is 20.2 Å². The molecule has 0 radical (unpaired) electrons. The van der Waals surface area contributed by atoms with Crippen LogP contribution in [0.5, 0.6) is 0 Å². The Morgan fingerprint density at radius 3 is 2.77 bits per heavy atom. The number of aliphatic imine (C=N–C) groups is 1. The molecule has 3 heterocycles. The first-order valence-electron chi connectivity index (χ1n) is 8.29.